The number of rotatable bonds is 4. The number of imide groups is 1. The number of hydrogen-bond donors (Lipinski definition) is 1. The van der Waals surface area contributed by atoms with Gasteiger partial charge in [-0.15, -0.1) is 0 Å². The first kappa shape index (κ1) is 19.0. The molecule has 2 aliphatic heterocycles. The largest absolute Gasteiger partial charge is 0.378 e. The second kappa shape index (κ2) is 7.58. The molecule has 0 radical (unpaired) electrons. The molecular formula is C22H24N4O3. The first-order chi connectivity index (χ1) is 14.0. The Kier molecular flexibility index (Phi) is 4.96. The molecule has 4 rings (SSSR count). The van der Waals surface area contributed by atoms with Crippen LogP contribution in [0, 0.1) is 0 Å². The van der Waals surface area contributed by atoms with E-state index in [-0.39, 0.29) is 24.4 Å². The summed E-state index contributed by atoms with van der Waals surface area (Å²) in [6.45, 7) is 0.628. The summed E-state index contributed by atoms with van der Waals surface area (Å²) in [6, 6.07) is 15.3. The Hall–Kier alpha value is -3.35. The van der Waals surface area contributed by atoms with E-state index in [2.05, 4.69) is 5.32 Å². The van der Waals surface area contributed by atoms with Gasteiger partial charge in [0.2, 0.25) is 0 Å². The van der Waals surface area contributed by atoms with E-state index in [4.69, 9.17) is 0 Å². The molecule has 2 heterocycles. The van der Waals surface area contributed by atoms with Crippen LogP contribution >= 0.6 is 0 Å². The molecule has 2 fully saturated rings. The van der Waals surface area contributed by atoms with E-state index >= 15 is 0 Å². The average molecular weight is 392 g/mol. The lowest BCUT2D eigenvalue weighted by atomic mass is 10.0. The van der Waals surface area contributed by atoms with Crippen LogP contribution in [0.2, 0.25) is 0 Å². The Labute approximate surface area is 169 Å². The van der Waals surface area contributed by atoms with Crippen LogP contribution in [0.5, 0.6) is 0 Å². The van der Waals surface area contributed by atoms with Crippen molar-refractivity contribution in [3.8, 4) is 0 Å². The van der Waals surface area contributed by atoms with E-state index in [9.17, 15) is 14.4 Å². The molecule has 7 nitrogen and oxygen atoms in total. The van der Waals surface area contributed by atoms with Gasteiger partial charge in [0, 0.05) is 31.9 Å². The molecule has 0 spiro atoms. The molecule has 2 atom stereocenters. The number of carbonyl (C=O) groups is 3. The number of likely N-dealkylation sites (tertiary alicyclic amines) is 1. The highest BCUT2D eigenvalue weighted by atomic mass is 16.2. The van der Waals surface area contributed by atoms with Crippen molar-refractivity contribution in [2.24, 2.45) is 0 Å². The zero-order valence-corrected chi connectivity index (χ0v) is 16.5. The highest BCUT2D eigenvalue weighted by molar-refractivity contribution is 6.04. The van der Waals surface area contributed by atoms with E-state index in [0.29, 0.717) is 18.5 Å². The molecular weight excluding hydrogens is 368 g/mol. The number of urea groups is 1. The summed E-state index contributed by atoms with van der Waals surface area (Å²) in [6.07, 6.45) is 0.572. The molecule has 2 unspecified atom stereocenters. The van der Waals surface area contributed by atoms with E-state index in [0.717, 1.165) is 11.3 Å². The third kappa shape index (κ3) is 3.55. The van der Waals surface area contributed by atoms with Gasteiger partial charge in [0.25, 0.3) is 11.8 Å². The Morgan fingerprint density at radius 3 is 2.41 bits per heavy atom. The summed E-state index contributed by atoms with van der Waals surface area (Å²) in [7, 11) is 3.87. The van der Waals surface area contributed by atoms with Crippen LogP contribution in [0.1, 0.15) is 22.3 Å². The fourth-order valence-corrected chi connectivity index (χ4v) is 3.96. The summed E-state index contributed by atoms with van der Waals surface area (Å²) < 4.78 is 0. The topological polar surface area (TPSA) is 73.0 Å². The maximum Gasteiger partial charge on any atom is 0.324 e. The maximum absolute atomic E-state index is 13.2. The van der Waals surface area contributed by atoms with Gasteiger partial charge in [0.15, 0.2) is 0 Å². The number of carbonyl (C=O) groups excluding carboxylic acids is 3. The Morgan fingerprint density at radius 2 is 1.76 bits per heavy atom. The highest BCUT2D eigenvalue weighted by Crippen LogP contribution is 2.27. The van der Waals surface area contributed by atoms with E-state index in [1.54, 1.807) is 17.0 Å². The number of hydrogen-bond acceptors (Lipinski definition) is 4. The average Bonchev–Trinajstić information content (AvgIpc) is 3.15. The lowest BCUT2D eigenvalue weighted by molar-refractivity contribution is -0.134. The number of nitrogens with one attached hydrogen (secondary N) is 1. The minimum atomic E-state index is -0.669. The van der Waals surface area contributed by atoms with Crippen molar-refractivity contribution in [3.63, 3.8) is 0 Å². The van der Waals surface area contributed by atoms with Crippen molar-refractivity contribution >= 4 is 23.5 Å². The molecule has 0 saturated carbocycles. The van der Waals surface area contributed by atoms with Crippen LogP contribution < -0.4 is 10.2 Å². The molecule has 0 aliphatic carbocycles. The summed E-state index contributed by atoms with van der Waals surface area (Å²) in [5, 5.41) is 2.91. The first-order valence-electron chi connectivity index (χ1n) is 9.70. The van der Waals surface area contributed by atoms with Gasteiger partial charge in [0.05, 0.1) is 12.6 Å². The summed E-state index contributed by atoms with van der Waals surface area (Å²) in [5.74, 6) is -0.509. The molecule has 2 saturated heterocycles. The number of nitrogens with zero attached hydrogens (tertiary/aromatic N) is 3. The Morgan fingerprint density at radius 1 is 1.07 bits per heavy atom. The minimum absolute atomic E-state index is 0.188. The van der Waals surface area contributed by atoms with Crippen LogP contribution in [0.3, 0.4) is 0 Å². The second-order valence-electron chi connectivity index (χ2n) is 7.64. The molecule has 7 heteroatoms. The van der Waals surface area contributed by atoms with Gasteiger partial charge in [-0.25, -0.2) is 4.79 Å². The predicted octanol–water partition coefficient (Wildman–Crippen LogP) is 2.09. The summed E-state index contributed by atoms with van der Waals surface area (Å²) in [4.78, 5) is 43.5. The zero-order valence-electron chi connectivity index (χ0n) is 16.5. The fourth-order valence-electron chi connectivity index (χ4n) is 3.96. The summed E-state index contributed by atoms with van der Waals surface area (Å²) >= 11 is 0. The molecule has 1 N–H and O–H groups in total. The SMILES string of the molecule is CN(C)c1ccc(C(=O)N2CCC3NC(=O)N(Cc4ccccc4)C(=O)C32)cc1. The van der Waals surface area contributed by atoms with Crippen molar-refractivity contribution in [1.29, 1.82) is 0 Å². The van der Waals surface area contributed by atoms with Gasteiger partial charge < -0.3 is 15.1 Å². The third-order valence-corrected chi connectivity index (χ3v) is 5.55. The van der Waals surface area contributed by atoms with Crippen LogP contribution in [0.25, 0.3) is 0 Å². The minimum Gasteiger partial charge on any atom is -0.378 e. The van der Waals surface area contributed by atoms with Crippen molar-refractivity contribution < 1.29 is 14.4 Å². The van der Waals surface area contributed by atoms with Crippen molar-refractivity contribution in [1.82, 2.24) is 15.1 Å². The summed E-state index contributed by atoms with van der Waals surface area (Å²) in [5.41, 5.74) is 2.40. The van der Waals surface area contributed by atoms with Crippen molar-refractivity contribution in [2.75, 3.05) is 25.5 Å². The quantitative estimate of drug-likeness (QED) is 0.865. The highest BCUT2D eigenvalue weighted by Gasteiger charge is 2.49. The number of anilines is 1. The second-order valence-corrected chi connectivity index (χ2v) is 7.64. The van der Waals surface area contributed by atoms with Gasteiger partial charge in [-0.3, -0.25) is 14.5 Å². The van der Waals surface area contributed by atoms with Gasteiger partial charge in [0.1, 0.15) is 6.04 Å². The van der Waals surface area contributed by atoms with Crippen LogP contribution in [0.15, 0.2) is 54.6 Å². The van der Waals surface area contributed by atoms with Crippen LogP contribution in [-0.2, 0) is 11.3 Å². The molecule has 4 amide bonds. The molecule has 29 heavy (non-hydrogen) atoms. The molecule has 150 valence electrons. The number of benzene rings is 2. The van der Waals surface area contributed by atoms with Crippen LogP contribution in [-0.4, -0.2) is 60.4 Å². The molecule has 0 bridgehead atoms. The van der Waals surface area contributed by atoms with E-state index < -0.39 is 12.1 Å². The lowest BCUT2D eigenvalue weighted by Gasteiger charge is -2.37. The maximum atomic E-state index is 13.2. The molecule has 2 aromatic carbocycles. The van der Waals surface area contributed by atoms with Gasteiger partial charge in [-0.1, -0.05) is 30.3 Å². The van der Waals surface area contributed by atoms with Gasteiger partial charge in [-0.05, 0) is 36.2 Å². The third-order valence-electron chi connectivity index (χ3n) is 5.55. The molecule has 2 aromatic rings. The Bertz CT molecular complexity index is 927. The van der Waals surface area contributed by atoms with E-state index in [1.807, 2.05) is 61.5 Å². The zero-order chi connectivity index (χ0) is 20.5. The standard InChI is InChI=1S/C22H24N4O3/c1-24(2)17-10-8-16(9-11-17)20(27)25-13-12-18-19(25)21(28)26(22(29)23-18)14-15-6-4-3-5-7-15/h3-11,18-19H,12-14H2,1-2H3,(H,23,29). The van der Waals surface area contributed by atoms with Gasteiger partial charge in [-0.2, -0.15) is 0 Å². The number of fused-ring (bicyclic) bond motifs is 1. The Balaban J connectivity index is 1.55. The number of amides is 4. The fraction of sp³-hybridized carbons (Fsp3) is 0.318. The van der Waals surface area contributed by atoms with Crippen molar-refractivity contribution in [3.05, 3.63) is 65.7 Å². The van der Waals surface area contributed by atoms with Crippen molar-refractivity contribution in [2.45, 2.75) is 25.0 Å². The van der Waals surface area contributed by atoms with Crippen LogP contribution in [0.4, 0.5) is 10.5 Å². The molecule has 2 aliphatic rings. The predicted molar refractivity (Wildman–Crippen MR) is 110 cm³/mol. The smallest absolute Gasteiger partial charge is 0.324 e. The van der Waals surface area contributed by atoms with E-state index in [1.165, 1.54) is 4.90 Å². The monoisotopic (exact) mass is 392 g/mol. The first-order valence-corrected chi connectivity index (χ1v) is 9.70. The van der Waals surface area contributed by atoms with Gasteiger partial charge >= 0.3 is 6.03 Å². The lowest BCUT2D eigenvalue weighted by Crippen LogP contribution is -2.64. The normalized spacial score (nSPS) is 21.0. The molecule has 0 aromatic heterocycles.